The maximum atomic E-state index is 5.90. The molecule has 0 amide bonds. The minimum Gasteiger partial charge on any atom is -0.494 e. The Hall–Kier alpha value is -2.11. The second-order valence-electron chi connectivity index (χ2n) is 5.79. The molecule has 0 aromatic heterocycles. The summed E-state index contributed by atoms with van der Waals surface area (Å²) in [5, 5.41) is 0. The van der Waals surface area contributed by atoms with E-state index in [1.807, 2.05) is 79.9 Å². The third-order valence-electron chi connectivity index (χ3n) is 3.77. The fourth-order valence-electron chi connectivity index (χ4n) is 2.40. The zero-order valence-corrected chi connectivity index (χ0v) is 18.0. The molecular weight excluding hydrogens is 470 g/mol. The molecule has 0 aliphatic carbocycles. The fourth-order valence-corrected chi connectivity index (χ4v) is 3.18. The summed E-state index contributed by atoms with van der Waals surface area (Å²) in [7, 11) is 0. The second-order valence-corrected chi connectivity index (χ2v) is 7.56. The predicted octanol–water partition coefficient (Wildman–Crippen LogP) is 6.94. The molecule has 0 N–H and O–H groups in total. The van der Waals surface area contributed by atoms with Gasteiger partial charge in [0, 0.05) is 10.7 Å². The molecule has 138 valence electrons. The van der Waals surface area contributed by atoms with E-state index in [-0.39, 0.29) is 0 Å². The molecule has 0 atom stereocenters. The van der Waals surface area contributed by atoms with Gasteiger partial charge >= 0.3 is 0 Å². The highest BCUT2D eigenvalue weighted by Crippen LogP contribution is 2.27. The van der Waals surface area contributed by atoms with E-state index in [1.165, 1.54) is 0 Å². The van der Waals surface area contributed by atoms with Gasteiger partial charge in [-0.25, -0.2) is 0 Å². The molecule has 3 aromatic carbocycles. The molecule has 0 aliphatic rings. The largest absolute Gasteiger partial charge is 0.494 e. The number of aliphatic imine (C=N–C) groups is 1. The molecule has 0 radical (unpaired) electrons. The lowest BCUT2D eigenvalue weighted by Gasteiger charge is -2.09. The van der Waals surface area contributed by atoms with Gasteiger partial charge in [0.15, 0.2) is 0 Å². The van der Waals surface area contributed by atoms with Crippen LogP contribution in [0.15, 0.2) is 80.7 Å². The van der Waals surface area contributed by atoms with Crippen LogP contribution in [0.5, 0.6) is 11.5 Å². The molecule has 3 aromatic rings. The first kappa shape index (κ1) is 19.6. The first-order valence-corrected chi connectivity index (χ1v) is 10.2. The average molecular weight is 489 g/mol. The maximum absolute atomic E-state index is 5.90. The minimum absolute atomic E-state index is 0.519. The summed E-state index contributed by atoms with van der Waals surface area (Å²) in [5.74, 6) is 1.66. The van der Waals surface area contributed by atoms with Crippen LogP contribution >= 0.6 is 31.9 Å². The van der Waals surface area contributed by atoms with Gasteiger partial charge < -0.3 is 9.47 Å². The van der Waals surface area contributed by atoms with E-state index in [1.54, 1.807) is 0 Å². The standard InChI is InChI=1S/C22H19Br2NO2/c1-2-26-20-10-8-19(9-11-20)25-14-17-5-12-22(21(24)13-17)27-15-16-3-6-18(23)7-4-16/h3-14H,2,15H2,1H3. The van der Waals surface area contributed by atoms with Crippen molar-refractivity contribution in [2.75, 3.05) is 6.61 Å². The van der Waals surface area contributed by atoms with E-state index < -0.39 is 0 Å². The van der Waals surface area contributed by atoms with Crippen molar-refractivity contribution in [2.45, 2.75) is 13.5 Å². The topological polar surface area (TPSA) is 30.8 Å². The van der Waals surface area contributed by atoms with E-state index >= 15 is 0 Å². The van der Waals surface area contributed by atoms with Gasteiger partial charge in [0.2, 0.25) is 0 Å². The Morgan fingerprint density at radius 1 is 0.889 bits per heavy atom. The lowest BCUT2D eigenvalue weighted by molar-refractivity contribution is 0.304. The molecule has 0 spiro atoms. The predicted molar refractivity (Wildman–Crippen MR) is 117 cm³/mol. The van der Waals surface area contributed by atoms with Crippen LogP contribution in [0.25, 0.3) is 0 Å². The first-order chi connectivity index (χ1) is 13.1. The van der Waals surface area contributed by atoms with Crippen LogP contribution in [0.1, 0.15) is 18.1 Å². The summed E-state index contributed by atoms with van der Waals surface area (Å²) < 4.78 is 13.3. The summed E-state index contributed by atoms with van der Waals surface area (Å²) in [5.41, 5.74) is 2.99. The molecular formula is C22H19Br2NO2. The number of ether oxygens (including phenoxy) is 2. The van der Waals surface area contributed by atoms with Crippen LogP contribution < -0.4 is 9.47 Å². The highest BCUT2D eigenvalue weighted by molar-refractivity contribution is 9.10. The van der Waals surface area contributed by atoms with E-state index in [0.29, 0.717) is 13.2 Å². The van der Waals surface area contributed by atoms with Crippen LogP contribution in [0.2, 0.25) is 0 Å². The Balaban J connectivity index is 1.62. The summed E-state index contributed by atoms with van der Waals surface area (Å²) in [6, 6.07) is 21.7. The van der Waals surface area contributed by atoms with E-state index in [2.05, 4.69) is 36.9 Å². The maximum Gasteiger partial charge on any atom is 0.134 e. The molecule has 27 heavy (non-hydrogen) atoms. The van der Waals surface area contributed by atoms with Crippen molar-refractivity contribution in [2.24, 2.45) is 4.99 Å². The number of halogens is 2. The van der Waals surface area contributed by atoms with E-state index in [4.69, 9.17) is 9.47 Å². The van der Waals surface area contributed by atoms with Crippen LogP contribution in [0.4, 0.5) is 5.69 Å². The molecule has 3 nitrogen and oxygen atoms in total. The van der Waals surface area contributed by atoms with Gasteiger partial charge in [0.25, 0.3) is 0 Å². The molecule has 5 heteroatoms. The van der Waals surface area contributed by atoms with Gasteiger partial charge in [-0.1, -0.05) is 28.1 Å². The third kappa shape index (κ3) is 5.94. The zero-order chi connectivity index (χ0) is 19.1. The number of hydrogen-bond acceptors (Lipinski definition) is 3. The quantitative estimate of drug-likeness (QED) is 0.337. The van der Waals surface area contributed by atoms with Gasteiger partial charge in [-0.15, -0.1) is 0 Å². The highest BCUT2D eigenvalue weighted by Gasteiger charge is 2.03. The lowest BCUT2D eigenvalue weighted by Crippen LogP contribution is -1.96. The van der Waals surface area contributed by atoms with Crippen molar-refractivity contribution in [3.63, 3.8) is 0 Å². The van der Waals surface area contributed by atoms with Gasteiger partial charge in [-0.05, 0) is 88.6 Å². The Bertz CT molecular complexity index is 907. The van der Waals surface area contributed by atoms with Crippen LogP contribution in [0, 0.1) is 0 Å². The van der Waals surface area contributed by atoms with Crippen LogP contribution in [0.3, 0.4) is 0 Å². The average Bonchev–Trinajstić information content (AvgIpc) is 2.68. The Labute approximate surface area is 176 Å². The molecule has 0 saturated carbocycles. The van der Waals surface area contributed by atoms with Crippen molar-refractivity contribution < 1.29 is 9.47 Å². The van der Waals surface area contributed by atoms with Crippen molar-refractivity contribution in [3.05, 3.63) is 86.8 Å². The molecule has 0 heterocycles. The Morgan fingerprint density at radius 2 is 1.63 bits per heavy atom. The van der Waals surface area contributed by atoms with Crippen LogP contribution in [-0.2, 0) is 6.61 Å². The normalized spacial score (nSPS) is 10.9. The SMILES string of the molecule is CCOc1ccc(N=Cc2ccc(OCc3ccc(Br)cc3)c(Br)c2)cc1. The second kappa shape index (κ2) is 9.72. The molecule has 0 unspecified atom stereocenters. The fraction of sp³-hybridized carbons (Fsp3) is 0.136. The number of nitrogens with zero attached hydrogens (tertiary/aromatic N) is 1. The zero-order valence-electron chi connectivity index (χ0n) is 14.9. The van der Waals surface area contributed by atoms with Gasteiger partial charge in [-0.3, -0.25) is 4.99 Å². The number of benzene rings is 3. The van der Waals surface area contributed by atoms with Crippen molar-refractivity contribution in [1.82, 2.24) is 0 Å². The molecule has 0 bridgehead atoms. The van der Waals surface area contributed by atoms with Gasteiger partial charge in [0.05, 0.1) is 16.8 Å². The number of hydrogen-bond donors (Lipinski definition) is 0. The summed E-state index contributed by atoms with van der Waals surface area (Å²) in [6.45, 7) is 3.15. The molecule has 0 aliphatic heterocycles. The molecule has 0 saturated heterocycles. The highest BCUT2D eigenvalue weighted by atomic mass is 79.9. The van der Waals surface area contributed by atoms with Gasteiger partial charge in [0.1, 0.15) is 18.1 Å². The lowest BCUT2D eigenvalue weighted by atomic mass is 10.2. The van der Waals surface area contributed by atoms with Crippen molar-refractivity contribution >= 4 is 43.8 Å². The Morgan fingerprint density at radius 3 is 2.30 bits per heavy atom. The van der Waals surface area contributed by atoms with E-state index in [0.717, 1.165) is 37.3 Å². The Kier molecular flexibility index (Phi) is 7.07. The minimum atomic E-state index is 0.519. The van der Waals surface area contributed by atoms with Crippen molar-refractivity contribution in [3.8, 4) is 11.5 Å². The molecule has 3 rings (SSSR count). The number of rotatable bonds is 7. The smallest absolute Gasteiger partial charge is 0.134 e. The monoisotopic (exact) mass is 487 g/mol. The van der Waals surface area contributed by atoms with Gasteiger partial charge in [-0.2, -0.15) is 0 Å². The first-order valence-electron chi connectivity index (χ1n) is 8.58. The van der Waals surface area contributed by atoms with Crippen LogP contribution in [-0.4, -0.2) is 12.8 Å². The molecule has 0 fully saturated rings. The van der Waals surface area contributed by atoms with Crippen molar-refractivity contribution in [1.29, 1.82) is 0 Å². The summed E-state index contributed by atoms with van der Waals surface area (Å²) in [6.07, 6.45) is 1.83. The summed E-state index contributed by atoms with van der Waals surface area (Å²) >= 11 is 7.01. The summed E-state index contributed by atoms with van der Waals surface area (Å²) in [4.78, 5) is 4.50. The van der Waals surface area contributed by atoms with E-state index in [9.17, 15) is 0 Å². The third-order valence-corrected chi connectivity index (χ3v) is 4.92.